The highest BCUT2D eigenvalue weighted by atomic mass is 15.0. The quantitative estimate of drug-likeness (QED) is 0.192. The maximum atomic E-state index is 10.5. The molecule has 0 fully saturated rings. The minimum atomic E-state index is -0.0234. The maximum absolute atomic E-state index is 10.5. The van der Waals surface area contributed by atoms with E-state index in [0.29, 0.717) is 11.1 Å². The predicted octanol–water partition coefficient (Wildman–Crippen LogP) is 11.9. The summed E-state index contributed by atoms with van der Waals surface area (Å²) in [7, 11) is 0. The van der Waals surface area contributed by atoms with Crippen LogP contribution >= 0.6 is 0 Å². The molecule has 0 bridgehead atoms. The van der Waals surface area contributed by atoms with E-state index in [4.69, 9.17) is 0 Å². The molecule has 4 nitrogen and oxygen atoms in total. The largest absolute Gasteiger partial charge is 0.309 e. The summed E-state index contributed by atoms with van der Waals surface area (Å²) in [5.74, 6) is 0. The Kier molecular flexibility index (Phi) is 7.00. The van der Waals surface area contributed by atoms with Crippen molar-refractivity contribution in [2.24, 2.45) is 0 Å². The number of nitrogens with zero attached hydrogens (tertiary/aromatic N) is 4. The van der Waals surface area contributed by atoms with Crippen molar-refractivity contribution in [3.05, 3.63) is 144 Å². The third kappa shape index (κ3) is 4.80. The van der Waals surface area contributed by atoms with E-state index in [1.54, 1.807) is 6.07 Å². The molecule has 0 aliphatic carbocycles. The number of fused-ring (bicyclic) bond motifs is 6. The van der Waals surface area contributed by atoms with Crippen LogP contribution in [0.3, 0.4) is 0 Å². The first-order valence-electron chi connectivity index (χ1n) is 17.2. The highest BCUT2D eigenvalue weighted by Gasteiger charge is 2.25. The Hall–Kier alpha value is -6.10. The fourth-order valence-corrected chi connectivity index (χ4v) is 7.47. The van der Waals surface area contributed by atoms with Crippen molar-refractivity contribution >= 4 is 43.6 Å². The van der Waals surface area contributed by atoms with Crippen LogP contribution < -0.4 is 0 Å². The smallest absolute Gasteiger partial charge is 0.101 e. The average molecular weight is 647 g/mol. The van der Waals surface area contributed by atoms with Crippen LogP contribution in [0.1, 0.15) is 63.8 Å². The summed E-state index contributed by atoms with van der Waals surface area (Å²) in [5.41, 5.74) is 11.3. The minimum Gasteiger partial charge on any atom is -0.309 e. The number of nitriles is 2. The van der Waals surface area contributed by atoms with E-state index in [-0.39, 0.29) is 10.8 Å². The number of benzene rings is 6. The van der Waals surface area contributed by atoms with E-state index in [1.807, 2.05) is 18.2 Å². The van der Waals surface area contributed by atoms with Crippen LogP contribution in [-0.4, -0.2) is 9.13 Å². The SMILES string of the molecule is CC(C)(C)c1ccc2c(c1)c1cc(C(C)(C)C)ccc1n2-c1cc2c(cc1-c1cccc(C#N)c1C#N)c1ccccc1n2-c1ccccc1. The Bertz CT molecular complexity index is 2660. The number of hydrogen-bond donors (Lipinski definition) is 0. The van der Waals surface area contributed by atoms with Crippen LogP contribution in [0.25, 0.3) is 66.1 Å². The molecular formula is C46H38N4. The molecule has 8 rings (SSSR count). The van der Waals surface area contributed by atoms with Crippen molar-refractivity contribution in [2.45, 2.75) is 52.4 Å². The van der Waals surface area contributed by atoms with Gasteiger partial charge in [-0.1, -0.05) is 102 Å². The molecule has 4 heteroatoms. The van der Waals surface area contributed by atoms with Crippen LogP contribution in [0.15, 0.2) is 121 Å². The second kappa shape index (κ2) is 11.2. The van der Waals surface area contributed by atoms with Gasteiger partial charge in [0.05, 0.1) is 38.9 Å². The summed E-state index contributed by atoms with van der Waals surface area (Å²) in [6, 6.07) is 47.5. The number of aromatic nitrogens is 2. The molecule has 242 valence electrons. The van der Waals surface area contributed by atoms with Gasteiger partial charge < -0.3 is 9.13 Å². The molecule has 0 aliphatic heterocycles. The van der Waals surface area contributed by atoms with Crippen LogP contribution in [0.2, 0.25) is 0 Å². The van der Waals surface area contributed by atoms with Crippen molar-refractivity contribution in [3.8, 4) is 34.6 Å². The van der Waals surface area contributed by atoms with Gasteiger partial charge in [-0.2, -0.15) is 10.5 Å². The van der Waals surface area contributed by atoms with Gasteiger partial charge in [-0.05, 0) is 82.6 Å². The lowest BCUT2D eigenvalue weighted by atomic mass is 9.85. The van der Waals surface area contributed by atoms with Crippen molar-refractivity contribution in [1.82, 2.24) is 9.13 Å². The van der Waals surface area contributed by atoms with Gasteiger partial charge in [0.25, 0.3) is 0 Å². The molecule has 0 aliphatic rings. The molecule has 0 saturated heterocycles. The number of hydrogen-bond acceptors (Lipinski definition) is 2. The molecule has 0 unspecified atom stereocenters. The fourth-order valence-electron chi connectivity index (χ4n) is 7.47. The Morgan fingerprint density at radius 2 is 1.04 bits per heavy atom. The first kappa shape index (κ1) is 31.2. The Balaban J connectivity index is 1.59. The Labute approximate surface area is 293 Å². The number of para-hydroxylation sites is 2. The monoisotopic (exact) mass is 646 g/mol. The van der Waals surface area contributed by atoms with E-state index in [2.05, 4.69) is 160 Å². The summed E-state index contributed by atoms with van der Waals surface area (Å²) in [6.45, 7) is 13.5. The lowest BCUT2D eigenvalue weighted by molar-refractivity contribution is 0.590. The molecule has 8 aromatic rings. The van der Waals surface area contributed by atoms with Crippen LogP contribution in [0, 0.1) is 22.7 Å². The molecular weight excluding hydrogens is 609 g/mol. The van der Waals surface area contributed by atoms with E-state index in [1.165, 1.54) is 21.9 Å². The first-order chi connectivity index (χ1) is 24.0. The second-order valence-corrected chi connectivity index (χ2v) is 15.3. The molecule has 0 saturated carbocycles. The van der Waals surface area contributed by atoms with Gasteiger partial charge in [-0.3, -0.25) is 0 Å². The second-order valence-electron chi connectivity index (χ2n) is 15.3. The van der Waals surface area contributed by atoms with E-state index in [0.717, 1.165) is 55.3 Å². The zero-order valence-corrected chi connectivity index (χ0v) is 29.3. The van der Waals surface area contributed by atoms with Gasteiger partial charge >= 0.3 is 0 Å². The zero-order valence-electron chi connectivity index (χ0n) is 29.3. The summed E-state index contributed by atoms with van der Waals surface area (Å²) in [6.07, 6.45) is 0. The van der Waals surface area contributed by atoms with E-state index < -0.39 is 0 Å². The standard InChI is InChI=1S/C46H38N4/c1-45(2,3)30-19-21-41-35(23-30)36-24-31(46(4,5)6)20-22-42(36)50(41)44-26-43-38(25-37(44)33-17-12-13-29(27-47)39(33)28-48)34-16-10-11-18-40(34)49(43)32-14-8-7-9-15-32/h7-26H,1-6H3. The fraction of sp³-hybridized carbons (Fsp3) is 0.174. The molecule has 0 radical (unpaired) electrons. The Morgan fingerprint density at radius 3 is 1.64 bits per heavy atom. The van der Waals surface area contributed by atoms with Crippen molar-refractivity contribution in [1.29, 1.82) is 10.5 Å². The molecule has 2 heterocycles. The molecule has 50 heavy (non-hydrogen) atoms. The molecule has 2 aromatic heterocycles. The normalized spacial score (nSPS) is 12.2. The highest BCUT2D eigenvalue weighted by molar-refractivity contribution is 6.14. The zero-order chi connectivity index (χ0) is 34.9. The van der Waals surface area contributed by atoms with Gasteiger partial charge in [0.2, 0.25) is 0 Å². The molecule has 6 aromatic carbocycles. The van der Waals surface area contributed by atoms with Crippen LogP contribution in [-0.2, 0) is 10.8 Å². The average Bonchev–Trinajstić information content (AvgIpc) is 3.61. The summed E-state index contributed by atoms with van der Waals surface area (Å²) in [4.78, 5) is 0. The van der Waals surface area contributed by atoms with E-state index >= 15 is 0 Å². The summed E-state index contributed by atoms with van der Waals surface area (Å²) in [5, 5.41) is 25.2. The topological polar surface area (TPSA) is 57.4 Å². The molecule has 0 atom stereocenters. The van der Waals surface area contributed by atoms with Gasteiger partial charge in [0, 0.05) is 38.4 Å². The Morgan fingerprint density at radius 1 is 0.460 bits per heavy atom. The lowest BCUT2D eigenvalue weighted by Crippen LogP contribution is -2.10. The van der Waals surface area contributed by atoms with Crippen molar-refractivity contribution in [2.75, 3.05) is 0 Å². The first-order valence-corrected chi connectivity index (χ1v) is 17.2. The lowest BCUT2D eigenvalue weighted by Gasteiger charge is -2.20. The third-order valence-corrected chi connectivity index (χ3v) is 10.1. The molecule has 0 amide bonds. The van der Waals surface area contributed by atoms with Crippen LogP contribution in [0.5, 0.6) is 0 Å². The van der Waals surface area contributed by atoms with Crippen molar-refractivity contribution < 1.29 is 0 Å². The van der Waals surface area contributed by atoms with Crippen LogP contribution in [0.4, 0.5) is 0 Å². The van der Waals surface area contributed by atoms with Gasteiger partial charge in [0.1, 0.15) is 12.1 Å². The highest BCUT2D eigenvalue weighted by Crippen LogP contribution is 2.44. The van der Waals surface area contributed by atoms with Gasteiger partial charge in [-0.25, -0.2) is 0 Å². The number of rotatable bonds is 3. The summed E-state index contributed by atoms with van der Waals surface area (Å²) < 4.78 is 4.70. The molecule has 0 N–H and O–H groups in total. The third-order valence-electron chi connectivity index (χ3n) is 10.1. The van der Waals surface area contributed by atoms with Crippen molar-refractivity contribution in [3.63, 3.8) is 0 Å². The van der Waals surface area contributed by atoms with Gasteiger partial charge in [-0.15, -0.1) is 0 Å². The van der Waals surface area contributed by atoms with Gasteiger partial charge in [0.15, 0.2) is 0 Å². The van der Waals surface area contributed by atoms with E-state index in [9.17, 15) is 10.5 Å². The maximum Gasteiger partial charge on any atom is 0.101 e. The summed E-state index contributed by atoms with van der Waals surface area (Å²) >= 11 is 0. The molecule has 0 spiro atoms. The predicted molar refractivity (Wildman–Crippen MR) is 207 cm³/mol. The minimum absolute atomic E-state index is 0.0234.